The molecule has 104 heavy (non-hydrogen) atoms. The van der Waals surface area contributed by atoms with Crippen LogP contribution in [0.15, 0.2) is 158 Å². The van der Waals surface area contributed by atoms with Gasteiger partial charge in [0.1, 0.15) is 19.3 Å². The monoisotopic (exact) mass is 1490 g/mol. The van der Waals surface area contributed by atoms with E-state index in [1.54, 1.807) is 0 Å². The summed E-state index contributed by atoms with van der Waals surface area (Å²) >= 11 is 0. The number of aliphatic hydroxyl groups excluding tert-OH is 1. The second-order valence-electron chi connectivity index (χ2n) is 25.9. The zero-order valence-electron chi connectivity index (χ0n) is 64.6. The van der Waals surface area contributed by atoms with Crippen molar-refractivity contribution in [2.45, 2.75) is 316 Å². The number of carbonyl (C=O) groups excluding carboxylic acids is 4. The van der Waals surface area contributed by atoms with Crippen LogP contribution >= 0.6 is 15.6 Å². The summed E-state index contributed by atoms with van der Waals surface area (Å²) in [7, 11) is -9.99. The van der Waals surface area contributed by atoms with Gasteiger partial charge in [-0.05, 0) is 161 Å². The number of phosphoric ester groups is 2. The Morgan fingerprint density at radius 1 is 0.279 bits per heavy atom. The first kappa shape index (κ1) is 98.7. The van der Waals surface area contributed by atoms with Crippen molar-refractivity contribution in [2.75, 3.05) is 39.6 Å². The highest BCUT2D eigenvalue weighted by Gasteiger charge is 2.30. The van der Waals surface area contributed by atoms with E-state index in [4.69, 9.17) is 37.0 Å². The minimum Gasteiger partial charge on any atom is -0.462 e. The molecular formula is C85H140O17P2. The van der Waals surface area contributed by atoms with E-state index in [2.05, 4.69) is 186 Å². The van der Waals surface area contributed by atoms with Crippen LogP contribution in [0.3, 0.4) is 0 Å². The smallest absolute Gasteiger partial charge is 0.462 e. The number of ether oxygens (including phenoxy) is 4. The summed E-state index contributed by atoms with van der Waals surface area (Å²) in [5.41, 5.74) is 0. The molecule has 0 aliphatic carbocycles. The normalized spacial score (nSPS) is 14.7. The lowest BCUT2D eigenvalue weighted by molar-refractivity contribution is -0.161. The largest absolute Gasteiger partial charge is 0.472 e. The molecule has 19 heteroatoms. The summed E-state index contributed by atoms with van der Waals surface area (Å²) in [5.74, 6) is -2.27. The molecule has 0 spiro atoms. The van der Waals surface area contributed by atoms with Crippen LogP contribution in [0.25, 0.3) is 0 Å². The third kappa shape index (κ3) is 74.9. The first-order chi connectivity index (χ1) is 50.7. The minimum absolute atomic E-state index is 0.0650. The molecule has 0 aromatic rings. The molecule has 0 saturated carbocycles. The SMILES string of the molecule is CC/C=C\C/C=C\C/C=C\C/C=C\C/C=C\CCCCCC(=O)OCC(COP(=O)(O)OCC(O)COP(=O)(O)OCC(COC(=O)CCCCCCC/C=C\C/C=C\CCC)OC(=O)CCCCCCC/C=C\C/C=C\CCC)OC(=O)CCCCCCCC/C=C\C/C=C\C/C=C\C/C=C\CC. The molecule has 0 fully saturated rings. The van der Waals surface area contributed by atoms with E-state index < -0.39 is 97.5 Å². The molecule has 0 aliphatic heterocycles. The number of hydrogen-bond donors (Lipinski definition) is 3. The molecule has 0 aliphatic rings. The van der Waals surface area contributed by atoms with Gasteiger partial charge in [-0.1, -0.05) is 269 Å². The quantitative estimate of drug-likeness (QED) is 0.0169. The van der Waals surface area contributed by atoms with Gasteiger partial charge in [0.15, 0.2) is 12.2 Å². The third-order valence-electron chi connectivity index (χ3n) is 15.9. The van der Waals surface area contributed by atoms with Crippen molar-refractivity contribution in [3.05, 3.63) is 158 Å². The molecule has 0 heterocycles. The van der Waals surface area contributed by atoms with E-state index in [9.17, 15) is 43.2 Å². The highest BCUT2D eigenvalue weighted by molar-refractivity contribution is 7.47. The summed E-state index contributed by atoms with van der Waals surface area (Å²) in [6.45, 7) is 4.42. The van der Waals surface area contributed by atoms with Crippen molar-refractivity contribution < 1.29 is 80.2 Å². The summed E-state index contributed by atoms with van der Waals surface area (Å²) in [5, 5.41) is 10.6. The van der Waals surface area contributed by atoms with E-state index >= 15 is 0 Å². The summed E-state index contributed by atoms with van der Waals surface area (Å²) in [4.78, 5) is 73.0. The zero-order chi connectivity index (χ0) is 76.0. The molecule has 5 unspecified atom stereocenters. The molecular weight excluding hydrogens is 1350 g/mol. The minimum atomic E-state index is -5.00. The lowest BCUT2D eigenvalue weighted by Crippen LogP contribution is -2.30. The summed E-state index contributed by atoms with van der Waals surface area (Å²) in [6.07, 6.45) is 87.9. The van der Waals surface area contributed by atoms with E-state index in [1.807, 2.05) is 0 Å². The highest BCUT2D eigenvalue weighted by atomic mass is 31.2. The number of hydrogen-bond acceptors (Lipinski definition) is 15. The maximum atomic E-state index is 13.1. The molecule has 0 saturated heterocycles. The van der Waals surface area contributed by atoms with Gasteiger partial charge < -0.3 is 33.8 Å². The molecule has 0 aromatic carbocycles. The average molecular weight is 1500 g/mol. The van der Waals surface area contributed by atoms with Crippen molar-refractivity contribution in [1.29, 1.82) is 0 Å². The second-order valence-corrected chi connectivity index (χ2v) is 28.8. The summed E-state index contributed by atoms with van der Waals surface area (Å²) < 4.78 is 68.5. The standard InChI is InChI=1S/C85H140O17P2/c1-5-9-13-17-21-25-29-33-35-37-39-41-43-47-50-54-58-62-66-70-83(88)96-76-81(102-85(90)72-68-64-60-56-52-48-44-42-40-38-36-34-30-26-22-18-14-10-6-2)78-100-104(93,94)98-74-79(86)73-97-103(91,92)99-77-80(101-84(89)71-67-63-59-55-51-46-32-28-24-20-16-12-8-4)75-95-82(87)69-65-61-57-53-49-45-31-27-23-19-15-11-7-3/h9-10,13-16,19-22,25-28,31-36,39-42,47,50,79-81,86H,5-8,11-12,17-18,23-24,29-30,37-38,43-46,48-49,51-78H2,1-4H3,(H,91,92)(H,93,94)/b13-9-,14-10-,19-15-,20-16-,25-21-,26-22-,31-27-,32-28-,35-33-,36-34-,41-39-,42-40-,50-47-. The van der Waals surface area contributed by atoms with Crippen LogP contribution in [0, 0.1) is 0 Å². The number of esters is 4. The molecule has 0 radical (unpaired) electrons. The van der Waals surface area contributed by atoms with Crippen LogP contribution in [0.1, 0.15) is 297 Å². The van der Waals surface area contributed by atoms with Gasteiger partial charge in [-0.3, -0.25) is 37.3 Å². The number of rotatable bonds is 73. The number of allylic oxidation sites excluding steroid dienone is 26. The van der Waals surface area contributed by atoms with Crippen molar-refractivity contribution in [3.63, 3.8) is 0 Å². The zero-order valence-corrected chi connectivity index (χ0v) is 66.4. The number of carbonyl (C=O) groups is 4. The van der Waals surface area contributed by atoms with Crippen LogP contribution < -0.4 is 0 Å². The van der Waals surface area contributed by atoms with Gasteiger partial charge in [0.25, 0.3) is 0 Å². The van der Waals surface area contributed by atoms with Crippen molar-refractivity contribution in [1.82, 2.24) is 0 Å². The predicted molar refractivity (Wildman–Crippen MR) is 427 cm³/mol. The van der Waals surface area contributed by atoms with Crippen LogP contribution in [0.2, 0.25) is 0 Å². The molecule has 0 bridgehead atoms. The van der Waals surface area contributed by atoms with Gasteiger partial charge in [0.05, 0.1) is 26.4 Å². The Hall–Kier alpha value is -5.32. The van der Waals surface area contributed by atoms with E-state index in [0.29, 0.717) is 25.7 Å². The maximum Gasteiger partial charge on any atom is 0.472 e. The van der Waals surface area contributed by atoms with Gasteiger partial charge >= 0.3 is 39.5 Å². The van der Waals surface area contributed by atoms with Crippen LogP contribution in [-0.2, 0) is 65.4 Å². The first-order valence-electron chi connectivity index (χ1n) is 39.7. The molecule has 5 atom stereocenters. The predicted octanol–water partition coefficient (Wildman–Crippen LogP) is 23.2. The Balaban J connectivity index is 5.43. The number of phosphoric acid groups is 2. The maximum absolute atomic E-state index is 13.1. The van der Waals surface area contributed by atoms with Gasteiger partial charge in [0.2, 0.25) is 0 Å². The Labute approximate surface area is 629 Å². The van der Waals surface area contributed by atoms with Gasteiger partial charge in [-0.25, -0.2) is 9.13 Å². The molecule has 17 nitrogen and oxygen atoms in total. The number of unbranched alkanes of at least 4 members (excludes halogenated alkanes) is 21. The fourth-order valence-electron chi connectivity index (χ4n) is 9.96. The first-order valence-corrected chi connectivity index (χ1v) is 42.7. The van der Waals surface area contributed by atoms with Crippen LogP contribution in [0.4, 0.5) is 0 Å². The Kier molecular flexibility index (Phi) is 72.0. The average Bonchev–Trinajstić information content (AvgIpc) is 0.906. The highest BCUT2D eigenvalue weighted by Crippen LogP contribution is 2.45. The van der Waals surface area contributed by atoms with Gasteiger partial charge in [-0.2, -0.15) is 0 Å². The lowest BCUT2D eigenvalue weighted by Gasteiger charge is -2.21. The Morgan fingerprint density at radius 3 is 0.779 bits per heavy atom. The van der Waals surface area contributed by atoms with E-state index in [0.717, 1.165) is 218 Å². The third-order valence-corrected chi connectivity index (χ3v) is 17.8. The van der Waals surface area contributed by atoms with Gasteiger partial charge in [0, 0.05) is 25.7 Å². The van der Waals surface area contributed by atoms with E-state index in [-0.39, 0.29) is 25.7 Å². The van der Waals surface area contributed by atoms with Gasteiger partial charge in [-0.15, -0.1) is 0 Å². The van der Waals surface area contributed by atoms with Crippen LogP contribution in [-0.4, -0.2) is 96.7 Å². The van der Waals surface area contributed by atoms with Crippen molar-refractivity contribution in [3.8, 4) is 0 Å². The summed E-state index contributed by atoms with van der Waals surface area (Å²) in [6, 6.07) is 0. The topological polar surface area (TPSA) is 237 Å². The van der Waals surface area contributed by atoms with Crippen molar-refractivity contribution in [2.24, 2.45) is 0 Å². The number of aliphatic hydroxyl groups is 1. The Morgan fingerprint density at radius 2 is 0.500 bits per heavy atom. The molecule has 0 amide bonds. The second kappa shape index (κ2) is 75.9. The Bertz CT molecular complexity index is 2590. The van der Waals surface area contributed by atoms with Crippen molar-refractivity contribution >= 4 is 39.5 Å². The molecule has 592 valence electrons. The molecule has 0 rings (SSSR count). The molecule has 3 N–H and O–H groups in total. The fraction of sp³-hybridized carbons (Fsp3) is 0.647. The fourth-order valence-corrected chi connectivity index (χ4v) is 11.5. The molecule has 0 aromatic heterocycles. The lowest BCUT2D eigenvalue weighted by atomic mass is 10.1. The van der Waals surface area contributed by atoms with Crippen LogP contribution in [0.5, 0.6) is 0 Å². The van der Waals surface area contributed by atoms with E-state index in [1.165, 1.54) is 0 Å².